The van der Waals surface area contributed by atoms with Gasteiger partial charge in [-0.25, -0.2) is 0 Å². The van der Waals surface area contributed by atoms with Gasteiger partial charge >= 0.3 is 0 Å². The van der Waals surface area contributed by atoms with Crippen molar-refractivity contribution in [3.8, 4) is 5.75 Å². The molecule has 2 aromatic rings. The van der Waals surface area contributed by atoms with Gasteiger partial charge < -0.3 is 15.0 Å². The van der Waals surface area contributed by atoms with Gasteiger partial charge in [-0.15, -0.1) is 0 Å². The number of hydrogen-bond donors (Lipinski definition) is 1. The average Bonchev–Trinajstić information content (AvgIpc) is 2.87. The molecule has 0 fully saturated rings. The van der Waals surface area contributed by atoms with Crippen LogP contribution in [0.1, 0.15) is 37.0 Å². The Morgan fingerprint density at radius 3 is 2.80 bits per heavy atom. The Labute approximate surface area is 123 Å². The van der Waals surface area contributed by atoms with Crippen LogP contribution in [0, 0.1) is 0 Å². The van der Waals surface area contributed by atoms with E-state index in [9.17, 15) is 0 Å². The lowest BCUT2D eigenvalue weighted by atomic mass is 10.1. The van der Waals surface area contributed by atoms with E-state index >= 15 is 0 Å². The molecule has 0 saturated carbocycles. The first-order chi connectivity index (χ1) is 9.60. The zero-order valence-corrected chi connectivity index (χ0v) is 12.4. The molecule has 5 nitrogen and oxygen atoms in total. The third-order valence-electron chi connectivity index (χ3n) is 2.78. The van der Waals surface area contributed by atoms with E-state index in [4.69, 9.17) is 26.6 Å². The summed E-state index contributed by atoms with van der Waals surface area (Å²) in [5.74, 6) is 1.94. The van der Waals surface area contributed by atoms with Crippen LogP contribution in [0.25, 0.3) is 0 Å². The normalized spacial score (nSPS) is 11.1. The minimum Gasteiger partial charge on any atom is -0.482 e. The lowest BCUT2D eigenvalue weighted by molar-refractivity contribution is 0.242. The summed E-state index contributed by atoms with van der Waals surface area (Å²) in [5, 5.41) is 4.43. The van der Waals surface area contributed by atoms with Gasteiger partial charge in [-0.05, 0) is 30.7 Å². The predicted molar refractivity (Wildman–Crippen MR) is 76.9 cm³/mol. The highest BCUT2D eigenvalue weighted by Crippen LogP contribution is 2.26. The number of hydrogen-bond acceptors (Lipinski definition) is 5. The second kappa shape index (κ2) is 6.72. The zero-order valence-electron chi connectivity index (χ0n) is 11.6. The quantitative estimate of drug-likeness (QED) is 0.887. The fourth-order valence-corrected chi connectivity index (χ4v) is 1.94. The summed E-state index contributed by atoms with van der Waals surface area (Å²) in [4.78, 5) is 4.24. The molecule has 0 atom stereocenters. The molecule has 0 radical (unpaired) electrons. The van der Waals surface area contributed by atoms with Crippen LogP contribution in [0.5, 0.6) is 5.75 Å². The van der Waals surface area contributed by atoms with Crippen LogP contribution in [-0.4, -0.2) is 16.7 Å². The van der Waals surface area contributed by atoms with E-state index in [1.54, 1.807) is 0 Å². The Bertz CT molecular complexity index is 569. The molecule has 0 aliphatic carbocycles. The van der Waals surface area contributed by atoms with Crippen molar-refractivity contribution in [1.82, 2.24) is 10.1 Å². The summed E-state index contributed by atoms with van der Waals surface area (Å²) in [6.45, 7) is 4.80. The second-order valence-corrected chi connectivity index (χ2v) is 5.20. The summed E-state index contributed by atoms with van der Waals surface area (Å²) in [5.41, 5.74) is 6.60. The molecule has 20 heavy (non-hydrogen) atoms. The number of nitrogens with zero attached hydrogens (tertiary/aromatic N) is 2. The smallest absolute Gasteiger partial charge is 0.264 e. The SMILES string of the molecule is CC(C)c1noc(COc2ccc(CCN)cc2Cl)n1. The largest absolute Gasteiger partial charge is 0.482 e. The Hall–Kier alpha value is -1.59. The van der Waals surface area contributed by atoms with Gasteiger partial charge in [0.05, 0.1) is 5.02 Å². The van der Waals surface area contributed by atoms with Gasteiger partial charge in [-0.1, -0.05) is 36.7 Å². The van der Waals surface area contributed by atoms with Gasteiger partial charge in [0.2, 0.25) is 0 Å². The van der Waals surface area contributed by atoms with Crippen LogP contribution in [0.3, 0.4) is 0 Å². The minimum absolute atomic E-state index is 0.204. The Morgan fingerprint density at radius 2 is 2.20 bits per heavy atom. The molecular formula is C14H18ClN3O2. The number of ether oxygens (including phenoxy) is 1. The van der Waals surface area contributed by atoms with Crippen molar-refractivity contribution in [2.24, 2.45) is 5.73 Å². The molecule has 2 N–H and O–H groups in total. The molecule has 0 unspecified atom stereocenters. The number of halogens is 1. The summed E-state index contributed by atoms with van der Waals surface area (Å²) in [6.07, 6.45) is 0.793. The van der Waals surface area contributed by atoms with Gasteiger partial charge in [0, 0.05) is 5.92 Å². The van der Waals surface area contributed by atoms with Crippen molar-refractivity contribution in [2.75, 3.05) is 6.54 Å². The van der Waals surface area contributed by atoms with Crippen molar-refractivity contribution in [1.29, 1.82) is 0 Å². The summed E-state index contributed by atoms with van der Waals surface area (Å²) in [6, 6.07) is 5.63. The van der Waals surface area contributed by atoms with E-state index < -0.39 is 0 Å². The van der Waals surface area contributed by atoms with Gasteiger partial charge in [0.25, 0.3) is 5.89 Å². The van der Waals surface area contributed by atoms with Gasteiger partial charge in [-0.3, -0.25) is 0 Å². The van der Waals surface area contributed by atoms with E-state index in [2.05, 4.69) is 10.1 Å². The molecule has 0 saturated heterocycles. The standard InChI is InChI=1S/C14H18ClN3O2/c1-9(2)14-17-13(20-18-14)8-19-12-4-3-10(5-6-16)7-11(12)15/h3-4,7,9H,5-6,8,16H2,1-2H3. The Morgan fingerprint density at radius 1 is 1.40 bits per heavy atom. The maximum atomic E-state index is 6.15. The fourth-order valence-electron chi connectivity index (χ4n) is 1.68. The highest BCUT2D eigenvalue weighted by molar-refractivity contribution is 6.32. The van der Waals surface area contributed by atoms with Crippen molar-refractivity contribution in [3.05, 3.63) is 40.5 Å². The minimum atomic E-state index is 0.204. The number of rotatable bonds is 6. The molecule has 0 spiro atoms. The predicted octanol–water partition coefficient (Wildman–Crippen LogP) is 2.93. The van der Waals surface area contributed by atoms with Crippen molar-refractivity contribution in [2.45, 2.75) is 32.8 Å². The van der Waals surface area contributed by atoms with Gasteiger partial charge in [0.15, 0.2) is 12.4 Å². The van der Waals surface area contributed by atoms with E-state index in [0.717, 1.165) is 12.0 Å². The highest BCUT2D eigenvalue weighted by Gasteiger charge is 2.11. The first-order valence-electron chi connectivity index (χ1n) is 6.54. The molecule has 108 valence electrons. The van der Waals surface area contributed by atoms with E-state index in [-0.39, 0.29) is 12.5 Å². The Balaban J connectivity index is 1.99. The fraction of sp³-hybridized carbons (Fsp3) is 0.429. The molecule has 1 aromatic heterocycles. The van der Waals surface area contributed by atoms with E-state index in [1.165, 1.54) is 0 Å². The number of benzene rings is 1. The van der Waals surface area contributed by atoms with Gasteiger partial charge in [0.1, 0.15) is 5.75 Å². The third kappa shape index (κ3) is 3.71. The topological polar surface area (TPSA) is 74.2 Å². The zero-order chi connectivity index (χ0) is 14.5. The molecular weight excluding hydrogens is 278 g/mol. The van der Waals surface area contributed by atoms with Crippen molar-refractivity contribution < 1.29 is 9.26 Å². The van der Waals surface area contributed by atoms with Crippen molar-refractivity contribution >= 4 is 11.6 Å². The van der Waals surface area contributed by atoms with Crippen LogP contribution < -0.4 is 10.5 Å². The highest BCUT2D eigenvalue weighted by atomic mass is 35.5. The van der Waals surface area contributed by atoms with E-state index in [0.29, 0.717) is 29.0 Å². The number of aromatic nitrogens is 2. The molecule has 0 bridgehead atoms. The third-order valence-corrected chi connectivity index (χ3v) is 3.08. The van der Waals surface area contributed by atoms with Crippen LogP contribution in [0.2, 0.25) is 5.02 Å². The summed E-state index contributed by atoms with van der Waals surface area (Å²) >= 11 is 6.15. The van der Waals surface area contributed by atoms with Gasteiger partial charge in [-0.2, -0.15) is 4.98 Å². The summed E-state index contributed by atoms with van der Waals surface area (Å²) < 4.78 is 10.7. The van der Waals surface area contributed by atoms with Crippen LogP contribution in [0.15, 0.2) is 22.7 Å². The van der Waals surface area contributed by atoms with Crippen molar-refractivity contribution in [3.63, 3.8) is 0 Å². The maximum absolute atomic E-state index is 6.15. The molecule has 1 heterocycles. The van der Waals surface area contributed by atoms with Crippen LogP contribution in [-0.2, 0) is 13.0 Å². The number of nitrogens with two attached hydrogens (primary N) is 1. The lowest BCUT2D eigenvalue weighted by Gasteiger charge is -2.07. The van der Waals surface area contributed by atoms with Crippen LogP contribution in [0.4, 0.5) is 0 Å². The van der Waals surface area contributed by atoms with E-state index in [1.807, 2.05) is 32.0 Å². The molecule has 6 heteroatoms. The summed E-state index contributed by atoms with van der Waals surface area (Å²) in [7, 11) is 0. The molecule has 0 aliphatic heterocycles. The molecule has 2 rings (SSSR count). The average molecular weight is 296 g/mol. The molecule has 0 amide bonds. The monoisotopic (exact) mass is 295 g/mol. The second-order valence-electron chi connectivity index (χ2n) is 4.79. The first-order valence-corrected chi connectivity index (χ1v) is 6.91. The molecule has 1 aromatic carbocycles. The molecule has 0 aliphatic rings. The maximum Gasteiger partial charge on any atom is 0.264 e. The Kier molecular flexibility index (Phi) is 4.98. The first kappa shape index (κ1) is 14.8. The van der Waals surface area contributed by atoms with Crippen LogP contribution >= 0.6 is 11.6 Å². The lowest BCUT2D eigenvalue weighted by Crippen LogP contribution is -2.03.